The average molecular weight is 423 g/mol. The first kappa shape index (κ1) is 19.7. The van der Waals surface area contributed by atoms with Crippen molar-refractivity contribution in [3.63, 3.8) is 0 Å². The first-order valence-corrected chi connectivity index (χ1v) is 10.4. The molecule has 0 atom stereocenters. The summed E-state index contributed by atoms with van der Waals surface area (Å²) < 4.78 is 10.6. The number of nitrogens with two attached hydrogens (primary N) is 1. The summed E-state index contributed by atoms with van der Waals surface area (Å²) in [6.07, 6.45) is 0.0637. The van der Waals surface area contributed by atoms with Gasteiger partial charge in [-0.2, -0.15) is 0 Å². The number of aromatic nitrogens is 1. The maximum absolute atomic E-state index is 12.2. The van der Waals surface area contributed by atoms with Crippen molar-refractivity contribution in [2.24, 2.45) is 0 Å². The molecule has 6 nitrogen and oxygen atoms in total. The van der Waals surface area contributed by atoms with Crippen LogP contribution in [0.1, 0.15) is 29.0 Å². The van der Waals surface area contributed by atoms with Gasteiger partial charge in [0, 0.05) is 24.4 Å². The van der Waals surface area contributed by atoms with E-state index in [1.807, 2.05) is 36.4 Å². The lowest BCUT2D eigenvalue weighted by Crippen LogP contribution is -2.26. The molecule has 1 aromatic heterocycles. The largest absolute Gasteiger partial charge is 0.449 e. The van der Waals surface area contributed by atoms with Crippen LogP contribution in [0, 0.1) is 11.8 Å². The minimum atomic E-state index is -0.438. The molecule has 0 unspecified atom stereocenters. The third-order valence-electron chi connectivity index (χ3n) is 5.59. The summed E-state index contributed by atoms with van der Waals surface area (Å²) in [5.74, 6) is 6.50. The Kier molecular flexibility index (Phi) is 5.22. The molecule has 32 heavy (non-hydrogen) atoms. The van der Waals surface area contributed by atoms with Crippen LogP contribution in [0.25, 0.3) is 22.1 Å². The molecule has 5 rings (SSSR count). The van der Waals surface area contributed by atoms with Crippen LogP contribution >= 0.6 is 0 Å². The van der Waals surface area contributed by atoms with Crippen LogP contribution < -0.4 is 11.1 Å². The SMILES string of the molecule is Nc1noc2ccc(C#CCCNC(=O)OCC3c4ccccc4-c4ccccc43)cc12. The van der Waals surface area contributed by atoms with E-state index in [9.17, 15) is 4.79 Å². The summed E-state index contributed by atoms with van der Waals surface area (Å²) in [6.45, 7) is 0.701. The molecule has 0 saturated carbocycles. The molecule has 1 aliphatic carbocycles. The molecular formula is C26H21N3O3. The maximum atomic E-state index is 12.2. The number of anilines is 1. The summed E-state index contributed by atoms with van der Waals surface area (Å²) in [7, 11) is 0. The van der Waals surface area contributed by atoms with Crippen molar-refractivity contribution in [3.05, 3.63) is 83.4 Å². The van der Waals surface area contributed by atoms with Crippen molar-refractivity contribution in [1.29, 1.82) is 0 Å². The van der Waals surface area contributed by atoms with E-state index in [1.54, 1.807) is 6.07 Å². The number of hydrogen-bond donors (Lipinski definition) is 2. The van der Waals surface area contributed by atoms with Gasteiger partial charge in [-0.25, -0.2) is 4.79 Å². The minimum Gasteiger partial charge on any atom is -0.449 e. The quantitative estimate of drug-likeness (QED) is 0.367. The molecule has 6 heteroatoms. The highest BCUT2D eigenvalue weighted by molar-refractivity contribution is 5.88. The van der Waals surface area contributed by atoms with Crippen LogP contribution in [0.15, 0.2) is 71.3 Å². The highest BCUT2D eigenvalue weighted by Gasteiger charge is 2.28. The van der Waals surface area contributed by atoms with Crippen molar-refractivity contribution in [1.82, 2.24) is 10.5 Å². The van der Waals surface area contributed by atoms with Gasteiger partial charge in [-0.3, -0.25) is 0 Å². The number of alkyl carbamates (subject to hydrolysis) is 1. The van der Waals surface area contributed by atoms with Crippen LogP contribution in [0.4, 0.5) is 10.6 Å². The van der Waals surface area contributed by atoms with E-state index in [4.69, 9.17) is 15.0 Å². The maximum Gasteiger partial charge on any atom is 0.407 e. The normalized spacial score (nSPS) is 12.0. The third-order valence-corrected chi connectivity index (χ3v) is 5.59. The molecule has 1 amide bonds. The monoisotopic (exact) mass is 423 g/mol. The smallest absolute Gasteiger partial charge is 0.407 e. The van der Waals surface area contributed by atoms with E-state index in [1.165, 1.54) is 22.3 Å². The molecule has 0 aliphatic heterocycles. The third kappa shape index (κ3) is 3.77. The first-order valence-electron chi connectivity index (χ1n) is 10.4. The fourth-order valence-electron chi connectivity index (χ4n) is 4.08. The Bertz CT molecular complexity index is 1320. The van der Waals surface area contributed by atoms with Gasteiger partial charge in [0.1, 0.15) is 6.61 Å². The number of fused-ring (bicyclic) bond motifs is 4. The lowest BCUT2D eigenvalue weighted by atomic mass is 9.98. The zero-order valence-electron chi connectivity index (χ0n) is 17.3. The number of benzene rings is 3. The van der Waals surface area contributed by atoms with Crippen molar-refractivity contribution in [3.8, 4) is 23.0 Å². The standard InChI is InChI=1S/C26H21N3O3/c27-25-22-15-17(12-13-24(22)32-29-25)7-5-6-14-28-26(30)31-16-23-20-10-3-1-8-18(20)19-9-2-4-11-21(19)23/h1-4,8-13,15,23H,6,14,16H2,(H2,27,29)(H,28,30). The summed E-state index contributed by atoms with van der Waals surface area (Å²) in [4.78, 5) is 12.2. The van der Waals surface area contributed by atoms with Crippen molar-refractivity contribution >= 4 is 22.9 Å². The van der Waals surface area contributed by atoms with E-state index >= 15 is 0 Å². The fraction of sp³-hybridized carbons (Fsp3) is 0.154. The van der Waals surface area contributed by atoms with Gasteiger partial charge in [-0.15, -0.1) is 0 Å². The number of hydrogen-bond acceptors (Lipinski definition) is 5. The molecule has 4 aromatic rings. The van der Waals surface area contributed by atoms with Crippen LogP contribution in [0.5, 0.6) is 0 Å². The summed E-state index contributed by atoms with van der Waals surface area (Å²) >= 11 is 0. The number of amides is 1. The Hall–Kier alpha value is -4.24. The highest BCUT2D eigenvalue weighted by Crippen LogP contribution is 2.44. The molecule has 0 fully saturated rings. The van der Waals surface area contributed by atoms with E-state index in [0.29, 0.717) is 31.0 Å². The molecule has 0 saturated heterocycles. The lowest BCUT2D eigenvalue weighted by Gasteiger charge is -2.14. The Balaban J connectivity index is 1.14. The van der Waals surface area contributed by atoms with Crippen LogP contribution in [0.2, 0.25) is 0 Å². The van der Waals surface area contributed by atoms with Crippen LogP contribution in [0.3, 0.4) is 0 Å². The Morgan fingerprint density at radius 2 is 1.78 bits per heavy atom. The molecule has 1 aliphatic rings. The minimum absolute atomic E-state index is 0.0488. The van der Waals surface area contributed by atoms with Gasteiger partial charge in [-0.05, 0) is 40.5 Å². The Morgan fingerprint density at radius 3 is 2.53 bits per heavy atom. The number of carbonyl (C=O) groups excluding carboxylic acids is 1. The average Bonchev–Trinajstić information content (AvgIpc) is 3.35. The molecule has 1 heterocycles. The van der Waals surface area contributed by atoms with Gasteiger partial charge in [-0.1, -0.05) is 65.5 Å². The number of nitrogens with one attached hydrogen (secondary N) is 1. The van der Waals surface area contributed by atoms with Crippen molar-refractivity contribution in [2.75, 3.05) is 18.9 Å². The summed E-state index contributed by atoms with van der Waals surface area (Å²) in [6, 6.07) is 22.0. The van der Waals surface area contributed by atoms with Gasteiger partial charge < -0.3 is 20.3 Å². The second-order valence-electron chi connectivity index (χ2n) is 7.58. The fourth-order valence-corrected chi connectivity index (χ4v) is 4.08. The zero-order chi connectivity index (χ0) is 21.9. The predicted molar refractivity (Wildman–Crippen MR) is 123 cm³/mol. The Labute approximate surface area is 185 Å². The molecule has 3 N–H and O–H groups in total. The predicted octanol–water partition coefficient (Wildman–Crippen LogP) is 4.69. The van der Waals surface area contributed by atoms with E-state index in [2.05, 4.69) is 46.6 Å². The summed E-state index contributed by atoms with van der Waals surface area (Å²) in [5.41, 5.74) is 12.0. The van der Waals surface area contributed by atoms with Gasteiger partial charge in [0.2, 0.25) is 0 Å². The number of ether oxygens (including phenoxy) is 1. The lowest BCUT2D eigenvalue weighted by molar-refractivity contribution is 0.143. The Morgan fingerprint density at radius 1 is 1.06 bits per heavy atom. The van der Waals surface area contributed by atoms with E-state index in [0.717, 1.165) is 10.9 Å². The highest BCUT2D eigenvalue weighted by atomic mass is 16.5. The second-order valence-corrected chi connectivity index (χ2v) is 7.58. The van der Waals surface area contributed by atoms with Crippen molar-refractivity contribution in [2.45, 2.75) is 12.3 Å². The van der Waals surface area contributed by atoms with Crippen molar-refractivity contribution < 1.29 is 14.1 Å². The van der Waals surface area contributed by atoms with Crippen LogP contribution in [-0.2, 0) is 4.74 Å². The van der Waals surface area contributed by atoms with E-state index in [-0.39, 0.29) is 5.92 Å². The topological polar surface area (TPSA) is 90.4 Å². The zero-order valence-corrected chi connectivity index (χ0v) is 17.3. The second kappa shape index (κ2) is 8.48. The number of rotatable bonds is 4. The summed E-state index contributed by atoms with van der Waals surface area (Å²) in [5, 5.41) is 7.24. The van der Waals surface area contributed by atoms with Gasteiger partial charge in [0.15, 0.2) is 11.4 Å². The molecule has 0 radical (unpaired) electrons. The first-order chi connectivity index (χ1) is 15.7. The van der Waals surface area contributed by atoms with Gasteiger partial charge in [0.05, 0.1) is 5.39 Å². The van der Waals surface area contributed by atoms with Gasteiger partial charge in [0.25, 0.3) is 0 Å². The molecule has 0 bridgehead atoms. The molecular weight excluding hydrogens is 402 g/mol. The number of nitrogens with zero attached hydrogens (tertiary/aromatic N) is 1. The molecule has 158 valence electrons. The van der Waals surface area contributed by atoms with Gasteiger partial charge >= 0.3 is 6.09 Å². The number of carbonyl (C=O) groups is 1. The van der Waals surface area contributed by atoms with Crippen LogP contribution in [-0.4, -0.2) is 24.4 Å². The molecule has 0 spiro atoms. The van der Waals surface area contributed by atoms with E-state index < -0.39 is 6.09 Å². The number of nitrogen functional groups attached to an aromatic ring is 1. The molecule has 3 aromatic carbocycles.